The molecule has 0 radical (unpaired) electrons. The molecular weight excluding hydrogens is 306 g/mol. The number of nitrogens with one attached hydrogen (secondary N) is 1. The van der Waals surface area contributed by atoms with E-state index in [2.05, 4.69) is 10.5 Å². The van der Waals surface area contributed by atoms with Gasteiger partial charge in [0.15, 0.2) is 5.76 Å². The van der Waals surface area contributed by atoms with Crippen LogP contribution in [-0.2, 0) is 6.54 Å². The molecule has 0 saturated heterocycles. The fourth-order valence-electron chi connectivity index (χ4n) is 2.35. The highest BCUT2D eigenvalue weighted by Gasteiger charge is 2.20. The Morgan fingerprint density at radius 3 is 2.62 bits per heavy atom. The number of methoxy groups -OCH3 is 1. The van der Waals surface area contributed by atoms with E-state index >= 15 is 0 Å². The van der Waals surface area contributed by atoms with Crippen LogP contribution in [0.15, 0.2) is 34.9 Å². The van der Waals surface area contributed by atoms with Crippen LogP contribution in [0.3, 0.4) is 0 Å². The number of amides is 2. The highest BCUT2D eigenvalue weighted by atomic mass is 16.5. The van der Waals surface area contributed by atoms with Gasteiger partial charge in [0.1, 0.15) is 11.4 Å². The summed E-state index contributed by atoms with van der Waals surface area (Å²) in [5.41, 5.74) is 1.53. The highest BCUT2D eigenvalue weighted by molar-refractivity contribution is 5.74. The van der Waals surface area contributed by atoms with E-state index in [0.29, 0.717) is 18.0 Å². The Hall–Kier alpha value is -2.50. The number of rotatable bonds is 6. The van der Waals surface area contributed by atoms with Crippen LogP contribution in [0, 0.1) is 0 Å². The lowest BCUT2D eigenvalue weighted by Crippen LogP contribution is -2.45. The molecule has 0 fully saturated rings. The second-order valence-corrected chi connectivity index (χ2v) is 6.21. The number of urea groups is 1. The summed E-state index contributed by atoms with van der Waals surface area (Å²) in [6.45, 7) is 8.20. The second kappa shape index (κ2) is 7.86. The summed E-state index contributed by atoms with van der Waals surface area (Å²) in [5, 5.41) is 7.01. The third-order valence-corrected chi connectivity index (χ3v) is 3.56. The molecule has 0 aliphatic rings. The maximum absolute atomic E-state index is 12.3. The normalized spacial score (nSPS) is 11.0. The first kappa shape index (κ1) is 17.8. The van der Waals surface area contributed by atoms with Crippen LogP contribution in [0.4, 0.5) is 4.79 Å². The average Bonchev–Trinajstić information content (AvgIpc) is 3.00. The molecule has 1 aromatic heterocycles. The van der Waals surface area contributed by atoms with Gasteiger partial charge in [-0.05, 0) is 39.8 Å². The number of benzene rings is 1. The van der Waals surface area contributed by atoms with Crippen molar-refractivity contribution in [2.75, 3.05) is 7.11 Å². The molecule has 1 heterocycles. The van der Waals surface area contributed by atoms with Gasteiger partial charge in [-0.15, -0.1) is 0 Å². The van der Waals surface area contributed by atoms with Crippen molar-refractivity contribution < 1.29 is 14.1 Å². The van der Waals surface area contributed by atoms with Crippen LogP contribution in [0.2, 0.25) is 0 Å². The van der Waals surface area contributed by atoms with Crippen molar-refractivity contribution in [2.45, 2.75) is 46.3 Å². The van der Waals surface area contributed by atoms with Crippen LogP contribution in [0.5, 0.6) is 5.75 Å². The van der Waals surface area contributed by atoms with Crippen LogP contribution in [-0.4, -0.2) is 35.3 Å². The van der Waals surface area contributed by atoms with Crippen LogP contribution < -0.4 is 10.1 Å². The predicted molar refractivity (Wildman–Crippen MR) is 92.8 cm³/mol. The quantitative estimate of drug-likeness (QED) is 0.877. The summed E-state index contributed by atoms with van der Waals surface area (Å²) in [6.07, 6.45) is 0. The molecule has 0 unspecified atom stereocenters. The smallest absolute Gasteiger partial charge is 0.318 e. The summed E-state index contributed by atoms with van der Waals surface area (Å²) < 4.78 is 10.8. The minimum Gasteiger partial charge on any atom is -0.496 e. The van der Waals surface area contributed by atoms with Gasteiger partial charge >= 0.3 is 6.03 Å². The van der Waals surface area contributed by atoms with E-state index in [-0.39, 0.29) is 18.1 Å². The Kier molecular flexibility index (Phi) is 5.84. The maximum Gasteiger partial charge on any atom is 0.318 e. The zero-order valence-corrected chi connectivity index (χ0v) is 14.9. The fraction of sp³-hybridized carbons (Fsp3) is 0.444. The maximum atomic E-state index is 12.3. The fourth-order valence-corrected chi connectivity index (χ4v) is 2.35. The number of hydrogen-bond acceptors (Lipinski definition) is 4. The standard InChI is InChI=1S/C18H25N3O3/c1-12(2)19-18(22)21(13(3)4)11-14-10-17(24-20-14)15-8-6-7-9-16(15)23-5/h6-10,12-13H,11H2,1-5H3,(H,19,22). The number of carbonyl (C=O) groups excluding carboxylic acids is 1. The average molecular weight is 331 g/mol. The molecule has 6 heteroatoms. The molecule has 0 aliphatic heterocycles. The molecule has 2 rings (SSSR count). The van der Waals surface area contributed by atoms with Crippen molar-refractivity contribution in [3.8, 4) is 17.1 Å². The highest BCUT2D eigenvalue weighted by Crippen LogP contribution is 2.30. The van der Waals surface area contributed by atoms with E-state index in [1.54, 1.807) is 12.0 Å². The SMILES string of the molecule is COc1ccccc1-c1cc(CN(C(=O)NC(C)C)C(C)C)no1. The van der Waals surface area contributed by atoms with Crippen LogP contribution in [0.25, 0.3) is 11.3 Å². The molecule has 6 nitrogen and oxygen atoms in total. The minimum absolute atomic E-state index is 0.0511. The lowest BCUT2D eigenvalue weighted by molar-refractivity contribution is 0.175. The monoisotopic (exact) mass is 331 g/mol. The summed E-state index contributed by atoms with van der Waals surface area (Å²) in [4.78, 5) is 14.0. The van der Waals surface area contributed by atoms with Gasteiger partial charge in [-0.2, -0.15) is 0 Å². The third-order valence-electron chi connectivity index (χ3n) is 3.56. The van der Waals surface area contributed by atoms with Gasteiger partial charge in [-0.1, -0.05) is 17.3 Å². The number of carbonyl (C=O) groups is 1. The Morgan fingerprint density at radius 2 is 2.00 bits per heavy atom. The molecule has 0 saturated carbocycles. The molecule has 1 N–H and O–H groups in total. The molecule has 0 atom stereocenters. The van der Waals surface area contributed by atoms with Crippen LogP contribution in [0.1, 0.15) is 33.4 Å². The van der Waals surface area contributed by atoms with Crippen molar-refractivity contribution in [3.63, 3.8) is 0 Å². The Morgan fingerprint density at radius 1 is 1.29 bits per heavy atom. The number of para-hydroxylation sites is 1. The topological polar surface area (TPSA) is 67.6 Å². The van der Waals surface area contributed by atoms with Crippen molar-refractivity contribution in [1.29, 1.82) is 0 Å². The zero-order valence-electron chi connectivity index (χ0n) is 14.9. The molecule has 0 bridgehead atoms. The number of nitrogens with zero attached hydrogens (tertiary/aromatic N) is 2. The van der Waals surface area contributed by atoms with Gasteiger partial charge in [0.2, 0.25) is 0 Å². The van der Waals surface area contributed by atoms with Gasteiger partial charge in [0, 0.05) is 18.2 Å². The van der Waals surface area contributed by atoms with Crippen molar-refractivity contribution >= 4 is 6.03 Å². The number of aromatic nitrogens is 1. The summed E-state index contributed by atoms with van der Waals surface area (Å²) in [7, 11) is 1.62. The van der Waals surface area contributed by atoms with Crippen molar-refractivity contribution in [3.05, 3.63) is 36.0 Å². The Bertz CT molecular complexity index is 680. The molecular formula is C18H25N3O3. The Labute approximate surface area is 142 Å². The first-order valence-electron chi connectivity index (χ1n) is 8.08. The summed E-state index contributed by atoms with van der Waals surface area (Å²) >= 11 is 0. The molecule has 1 aromatic carbocycles. The molecule has 24 heavy (non-hydrogen) atoms. The lowest BCUT2D eigenvalue weighted by atomic mass is 10.1. The van der Waals surface area contributed by atoms with E-state index < -0.39 is 0 Å². The van der Waals surface area contributed by atoms with Gasteiger partial charge in [0.05, 0.1) is 19.2 Å². The molecule has 130 valence electrons. The minimum atomic E-state index is -0.109. The number of hydrogen-bond donors (Lipinski definition) is 1. The molecule has 2 amide bonds. The van der Waals surface area contributed by atoms with Crippen LogP contribution >= 0.6 is 0 Å². The third kappa shape index (κ3) is 4.28. The molecule has 0 spiro atoms. The zero-order chi connectivity index (χ0) is 17.7. The van der Waals surface area contributed by atoms with Crippen molar-refractivity contribution in [2.24, 2.45) is 0 Å². The van der Waals surface area contributed by atoms with E-state index in [0.717, 1.165) is 11.3 Å². The molecule has 2 aromatic rings. The van der Waals surface area contributed by atoms with Gasteiger partial charge in [0.25, 0.3) is 0 Å². The first-order valence-corrected chi connectivity index (χ1v) is 8.08. The van der Waals surface area contributed by atoms with E-state index in [4.69, 9.17) is 9.26 Å². The van der Waals surface area contributed by atoms with Gasteiger partial charge in [-0.25, -0.2) is 4.79 Å². The Balaban J connectivity index is 2.18. The first-order chi connectivity index (χ1) is 11.4. The van der Waals surface area contributed by atoms with Gasteiger partial charge < -0.3 is 19.5 Å². The lowest BCUT2D eigenvalue weighted by Gasteiger charge is -2.27. The largest absolute Gasteiger partial charge is 0.496 e. The second-order valence-electron chi connectivity index (χ2n) is 6.21. The summed E-state index contributed by atoms with van der Waals surface area (Å²) in [5.74, 6) is 1.34. The predicted octanol–water partition coefficient (Wildman–Crippen LogP) is 3.68. The van der Waals surface area contributed by atoms with Crippen molar-refractivity contribution in [1.82, 2.24) is 15.4 Å². The van der Waals surface area contributed by atoms with E-state index in [1.807, 2.05) is 58.0 Å². The van der Waals surface area contributed by atoms with E-state index in [9.17, 15) is 4.79 Å². The molecule has 0 aliphatic carbocycles. The van der Waals surface area contributed by atoms with E-state index in [1.165, 1.54) is 0 Å². The number of ether oxygens (including phenoxy) is 1. The van der Waals surface area contributed by atoms with Gasteiger partial charge in [-0.3, -0.25) is 0 Å². The summed E-state index contributed by atoms with van der Waals surface area (Å²) in [6, 6.07) is 9.46.